The second kappa shape index (κ2) is 6.73. The molecule has 0 saturated carbocycles. The first-order chi connectivity index (χ1) is 11.5. The molecule has 2 aliphatic rings. The number of hydrogen-bond donors (Lipinski definition) is 4. The van der Waals surface area contributed by atoms with E-state index in [2.05, 4.69) is 16.5 Å². The zero-order valence-electron chi connectivity index (χ0n) is 13.1. The van der Waals surface area contributed by atoms with Crippen LogP contribution in [0.15, 0.2) is 16.5 Å². The molecular weight excluding hydrogens is 336 g/mol. The molecule has 3 rings (SSSR count). The SMILES string of the molecule is C=C1Sc2c(OCCC)nc(N)nc2N1[C@@H]1O[C@H](CO)[C@@H](O)[C@H]1O. The van der Waals surface area contributed by atoms with Crippen LogP contribution in [-0.2, 0) is 4.74 Å². The zero-order valence-corrected chi connectivity index (χ0v) is 13.9. The number of rotatable bonds is 5. The van der Waals surface area contributed by atoms with E-state index in [1.807, 2.05) is 6.92 Å². The smallest absolute Gasteiger partial charge is 0.234 e. The van der Waals surface area contributed by atoms with E-state index >= 15 is 0 Å². The van der Waals surface area contributed by atoms with Gasteiger partial charge in [-0.05, 0) is 6.42 Å². The van der Waals surface area contributed by atoms with Crippen LogP contribution in [0, 0.1) is 0 Å². The summed E-state index contributed by atoms with van der Waals surface area (Å²) in [7, 11) is 0. The molecule has 1 fully saturated rings. The number of nitrogens with two attached hydrogens (primary N) is 1. The first-order valence-corrected chi connectivity index (χ1v) is 8.38. The topological polar surface area (TPSA) is 134 Å². The van der Waals surface area contributed by atoms with E-state index in [-0.39, 0.29) is 5.95 Å². The van der Waals surface area contributed by atoms with Crippen LogP contribution in [0.2, 0.25) is 0 Å². The summed E-state index contributed by atoms with van der Waals surface area (Å²) in [5.41, 5.74) is 5.76. The Balaban J connectivity index is 1.96. The number of aliphatic hydroxyl groups excluding tert-OH is 3. The van der Waals surface area contributed by atoms with E-state index in [1.54, 1.807) is 4.90 Å². The average Bonchev–Trinajstić information content (AvgIpc) is 3.02. The van der Waals surface area contributed by atoms with Crippen LogP contribution in [0.4, 0.5) is 11.8 Å². The Morgan fingerprint density at radius 2 is 2.12 bits per heavy atom. The van der Waals surface area contributed by atoms with Gasteiger partial charge in [0.2, 0.25) is 11.8 Å². The number of nitrogen functional groups attached to an aromatic ring is 1. The largest absolute Gasteiger partial charge is 0.477 e. The summed E-state index contributed by atoms with van der Waals surface area (Å²) in [4.78, 5) is 10.5. The lowest BCUT2D eigenvalue weighted by Gasteiger charge is -2.27. The molecular formula is C14H20N4O5S. The number of aliphatic hydroxyl groups is 3. The molecule has 0 radical (unpaired) electrons. The molecule has 0 bridgehead atoms. The van der Waals surface area contributed by atoms with E-state index in [9.17, 15) is 15.3 Å². The lowest BCUT2D eigenvalue weighted by atomic mass is 10.1. The second-order valence-electron chi connectivity index (χ2n) is 5.48. The standard InChI is InChI=1S/C14H20N4O5S/c1-3-4-22-12-10-11(16-14(15)17-12)18(6(2)24-10)13-9(21)8(20)7(5-19)23-13/h7-9,13,19-21H,2-5H2,1H3,(H2,15,16,17)/t7-,8-,9-,13-/m1/s1. The van der Waals surface area contributed by atoms with Gasteiger partial charge in [0.15, 0.2) is 12.0 Å². The summed E-state index contributed by atoms with van der Waals surface area (Å²) < 4.78 is 11.2. The first-order valence-electron chi connectivity index (χ1n) is 7.56. The van der Waals surface area contributed by atoms with Gasteiger partial charge in [-0.3, -0.25) is 4.90 Å². The van der Waals surface area contributed by atoms with Crippen molar-refractivity contribution in [3.63, 3.8) is 0 Å². The Bertz CT molecular complexity index is 646. The molecule has 132 valence electrons. The molecule has 0 amide bonds. The van der Waals surface area contributed by atoms with E-state index < -0.39 is 31.1 Å². The first kappa shape index (κ1) is 17.2. The van der Waals surface area contributed by atoms with Crippen molar-refractivity contribution < 1.29 is 24.8 Å². The minimum atomic E-state index is -1.23. The second-order valence-corrected chi connectivity index (χ2v) is 6.57. The van der Waals surface area contributed by atoms with E-state index in [4.69, 9.17) is 15.2 Å². The van der Waals surface area contributed by atoms with Gasteiger partial charge in [0.25, 0.3) is 0 Å². The number of aromatic nitrogens is 2. The summed E-state index contributed by atoms with van der Waals surface area (Å²) in [5, 5.41) is 30.0. The highest BCUT2D eigenvalue weighted by Crippen LogP contribution is 2.50. The molecule has 4 atom stereocenters. The van der Waals surface area contributed by atoms with Gasteiger partial charge in [-0.25, -0.2) is 0 Å². The third-order valence-corrected chi connectivity index (χ3v) is 4.76. The summed E-state index contributed by atoms with van der Waals surface area (Å²) in [6, 6.07) is 0. The highest BCUT2D eigenvalue weighted by molar-refractivity contribution is 8.03. The van der Waals surface area contributed by atoms with Crippen LogP contribution in [0.25, 0.3) is 0 Å². The molecule has 1 aromatic rings. The maximum atomic E-state index is 10.3. The molecule has 0 aliphatic carbocycles. The molecule has 0 spiro atoms. The van der Waals surface area contributed by atoms with Gasteiger partial charge in [-0.1, -0.05) is 25.3 Å². The van der Waals surface area contributed by atoms with Gasteiger partial charge in [-0.2, -0.15) is 9.97 Å². The fourth-order valence-electron chi connectivity index (χ4n) is 2.62. The van der Waals surface area contributed by atoms with Crippen LogP contribution in [-0.4, -0.2) is 63.0 Å². The molecule has 9 nitrogen and oxygen atoms in total. The minimum Gasteiger partial charge on any atom is -0.477 e. The lowest BCUT2D eigenvalue weighted by molar-refractivity contribution is -0.0205. The third-order valence-electron chi connectivity index (χ3n) is 3.77. The van der Waals surface area contributed by atoms with E-state index in [0.29, 0.717) is 28.2 Å². The summed E-state index contributed by atoms with van der Waals surface area (Å²) in [6.07, 6.45) is -3.46. The van der Waals surface area contributed by atoms with E-state index in [0.717, 1.165) is 6.42 Å². The van der Waals surface area contributed by atoms with Crippen molar-refractivity contribution in [2.45, 2.75) is 42.8 Å². The van der Waals surface area contributed by atoms with Crippen molar-refractivity contribution in [2.24, 2.45) is 0 Å². The molecule has 1 saturated heterocycles. The molecule has 3 heterocycles. The van der Waals surface area contributed by atoms with Crippen LogP contribution >= 0.6 is 11.8 Å². The van der Waals surface area contributed by atoms with Crippen molar-refractivity contribution in [3.05, 3.63) is 11.6 Å². The third kappa shape index (κ3) is 2.80. The van der Waals surface area contributed by atoms with Crippen LogP contribution in [0.5, 0.6) is 5.88 Å². The van der Waals surface area contributed by atoms with Gasteiger partial charge in [0, 0.05) is 0 Å². The van der Waals surface area contributed by atoms with Crippen molar-refractivity contribution in [2.75, 3.05) is 23.8 Å². The maximum absolute atomic E-state index is 10.3. The summed E-state index contributed by atoms with van der Waals surface area (Å²) >= 11 is 1.27. The Labute approximate surface area is 143 Å². The predicted octanol–water partition coefficient (Wildman–Crippen LogP) is -0.330. The molecule has 0 aromatic carbocycles. The quantitative estimate of drug-likeness (QED) is 0.555. The van der Waals surface area contributed by atoms with Crippen LogP contribution in [0.1, 0.15) is 13.3 Å². The molecule has 10 heteroatoms. The zero-order chi connectivity index (χ0) is 17.4. The number of thioether (sulfide) groups is 1. The number of fused-ring (bicyclic) bond motifs is 1. The fraction of sp³-hybridized carbons (Fsp3) is 0.571. The number of anilines is 2. The van der Waals surface area contributed by atoms with Gasteiger partial charge in [-0.15, -0.1) is 0 Å². The molecule has 1 aromatic heterocycles. The van der Waals surface area contributed by atoms with Gasteiger partial charge in [0.1, 0.15) is 23.2 Å². The van der Waals surface area contributed by atoms with Gasteiger partial charge in [0.05, 0.1) is 18.2 Å². The average molecular weight is 356 g/mol. The number of ether oxygens (including phenoxy) is 2. The summed E-state index contributed by atoms with van der Waals surface area (Å²) in [6.45, 7) is 5.99. The van der Waals surface area contributed by atoms with Crippen molar-refractivity contribution in [1.29, 1.82) is 0 Å². The minimum absolute atomic E-state index is 0.0203. The number of hydrogen-bond acceptors (Lipinski definition) is 10. The molecule has 5 N–H and O–H groups in total. The fourth-order valence-corrected chi connectivity index (χ4v) is 3.58. The monoisotopic (exact) mass is 356 g/mol. The van der Waals surface area contributed by atoms with E-state index in [1.165, 1.54) is 11.8 Å². The lowest BCUT2D eigenvalue weighted by Crippen LogP contribution is -2.42. The Morgan fingerprint density at radius 1 is 1.38 bits per heavy atom. The Kier molecular flexibility index (Phi) is 4.83. The van der Waals surface area contributed by atoms with Crippen molar-refractivity contribution in [3.8, 4) is 5.88 Å². The molecule has 2 aliphatic heterocycles. The van der Waals surface area contributed by atoms with Crippen molar-refractivity contribution >= 4 is 23.5 Å². The maximum Gasteiger partial charge on any atom is 0.234 e. The Hall–Kier alpha value is -1.59. The Morgan fingerprint density at radius 3 is 2.75 bits per heavy atom. The molecule has 0 unspecified atom stereocenters. The van der Waals surface area contributed by atoms with Crippen LogP contribution < -0.4 is 15.4 Å². The van der Waals surface area contributed by atoms with Gasteiger partial charge < -0.3 is 30.5 Å². The molecule has 24 heavy (non-hydrogen) atoms. The van der Waals surface area contributed by atoms with Crippen molar-refractivity contribution in [1.82, 2.24) is 9.97 Å². The normalized spacial score (nSPS) is 29.2. The summed E-state index contributed by atoms with van der Waals surface area (Å²) in [5.74, 6) is 0.769. The van der Waals surface area contributed by atoms with Gasteiger partial charge >= 0.3 is 0 Å². The number of nitrogens with zero attached hydrogens (tertiary/aromatic N) is 3. The highest BCUT2D eigenvalue weighted by Gasteiger charge is 2.49. The van der Waals surface area contributed by atoms with Crippen LogP contribution in [0.3, 0.4) is 0 Å². The predicted molar refractivity (Wildman–Crippen MR) is 87.5 cm³/mol. The highest BCUT2D eigenvalue weighted by atomic mass is 32.2.